The van der Waals surface area contributed by atoms with Crippen molar-refractivity contribution in [1.29, 1.82) is 0 Å². The molecule has 6 nitrogen and oxygen atoms in total. The molecule has 3 aromatic carbocycles. The van der Waals surface area contributed by atoms with Crippen molar-refractivity contribution in [3.63, 3.8) is 0 Å². The highest BCUT2D eigenvalue weighted by Gasteiger charge is 2.49. The predicted molar refractivity (Wildman–Crippen MR) is 110 cm³/mol. The SMILES string of the molecule is COc1ccc(C2O[C@@H](C(=O)O)[C@@H](c3ccccc3)N2C(=O)c2ccccc2)cc1. The highest BCUT2D eigenvalue weighted by molar-refractivity contribution is 5.95. The summed E-state index contributed by atoms with van der Waals surface area (Å²) in [6, 6.07) is 24.2. The lowest BCUT2D eigenvalue weighted by molar-refractivity contribution is -0.150. The van der Waals surface area contributed by atoms with Gasteiger partial charge in [0.2, 0.25) is 0 Å². The zero-order chi connectivity index (χ0) is 21.1. The Morgan fingerprint density at radius 3 is 2.03 bits per heavy atom. The molecule has 152 valence electrons. The molecule has 3 aromatic rings. The highest BCUT2D eigenvalue weighted by atomic mass is 16.6. The summed E-state index contributed by atoms with van der Waals surface area (Å²) in [4.78, 5) is 27.1. The maximum absolute atomic E-state index is 13.5. The number of methoxy groups -OCH3 is 1. The van der Waals surface area contributed by atoms with Crippen LogP contribution in [0.2, 0.25) is 0 Å². The van der Waals surface area contributed by atoms with Crippen LogP contribution in [0.5, 0.6) is 5.75 Å². The van der Waals surface area contributed by atoms with Gasteiger partial charge in [-0.3, -0.25) is 9.69 Å². The fourth-order valence-electron chi connectivity index (χ4n) is 3.72. The Morgan fingerprint density at radius 1 is 0.867 bits per heavy atom. The van der Waals surface area contributed by atoms with Gasteiger partial charge < -0.3 is 14.6 Å². The number of carbonyl (C=O) groups excluding carboxylic acids is 1. The normalized spacial score (nSPS) is 20.7. The first-order chi connectivity index (χ1) is 14.6. The van der Waals surface area contributed by atoms with Crippen molar-refractivity contribution in [3.05, 3.63) is 102 Å². The van der Waals surface area contributed by atoms with Crippen molar-refractivity contribution in [2.45, 2.75) is 18.4 Å². The highest BCUT2D eigenvalue weighted by Crippen LogP contribution is 2.44. The van der Waals surface area contributed by atoms with Crippen LogP contribution in [-0.4, -0.2) is 35.1 Å². The predicted octanol–water partition coefficient (Wildman–Crippen LogP) is 4.06. The fourth-order valence-corrected chi connectivity index (χ4v) is 3.72. The van der Waals surface area contributed by atoms with Gasteiger partial charge in [-0.1, -0.05) is 60.7 Å². The van der Waals surface area contributed by atoms with E-state index in [2.05, 4.69) is 0 Å². The van der Waals surface area contributed by atoms with Gasteiger partial charge in [0.15, 0.2) is 12.3 Å². The van der Waals surface area contributed by atoms with Crippen LogP contribution in [0.1, 0.15) is 33.8 Å². The van der Waals surface area contributed by atoms with Gasteiger partial charge in [-0.15, -0.1) is 0 Å². The number of ether oxygens (including phenoxy) is 2. The van der Waals surface area contributed by atoms with Gasteiger partial charge >= 0.3 is 5.97 Å². The first-order valence-corrected chi connectivity index (χ1v) is 9.55. The molecular weight excluding hydrogens is 382 g/mol. The topological polar surface area (TPSA) is 76.1 Å². The molecule has 1 heterocycles. The number of amides is 1. The van der Waals surface area contributed by atoms with Crippen LogP contribution in [0.4, 0.5) is 0 Å². The standard InChI is InChI=1S/C24H21NO5/c1-29-19-14-12-18(13-15-19)23-25(22(26)17-10-6-3-7-11-17)20(21(30-23)24(27)28)16-8-4-2-5-9-16/h2-15,20-21,23H,1H3,(H,27,28)/t20-,21-,23?/m1/s1. The van der Waals surface area contributed by atoms with Crippen LogP contribution in [0.15, 0.2) is 84.9 Å². The van der Waals surface area contributed by atoms with Crippen molar-refractivity contribution in [1.82, 2.24) is 4.90 Å². The van der Waals surface area contributed by atoms with Crippen LogP contribution < -0.4 is 4.74 Å². The van der Waals surface area contributed by atoms with E-state index in [0.29, 0.717) is 22.4 Å². The van der Waals surface area contributed by atoms with Gasteiger partial charge in [0, 0.05) is 11.1 Å². The van der Waals surface area contributed by atoms with Gasteiger partial charge in [-0.2, -0.15) is 0 Å². The van der Waals surface area contributed by atoms with Crippen LogP contribution in [0.25, 0.3) is 0 Å². The summed E-state index contributed by atoms with van der Waals surface area (Å²) < 4.78 is 11.2. The molecule has 0 spiro atoms. The molecule has 0 aromatic heterocycles. The second-order valence-corrected chi connectivity index (χ2v) is 6.95. The lowest BCUT2D eigenvalue weighted by atomic mass is 9.99. The molecule has 30 heavy (non-hydrogen) atoms. The summed E-state index contributed by atoms with van der Waals surface area (Å²) in [7, 11) is 1.57. The average molecular weight is 403 g/mol. The summed E-state index contributed by atoms with van der Waals surface area (Å²) in [5, 5.41) is 9.88. The number of carboxylic acid groups (broad SMARTS) is 1. The van der Waals surface area contributed by atoms with Crippen LogP contribution in [0, 0.1) is 0 Å². The number of carboxylic acids is 1. The average Bonchev–Trinajstić information content (AvgIpc) is 3.21. The minimum atomic E-state index is -1.20. The number of hydrogen-bond acceptors (Lipinski definition) is 4. The quantitative estimate of drug-likeness (QED) is 0.695. The molecule has 1 fully saturated rings. The largest absolute Gasteiger partial charge is 0.497 e. The lowest BCUT2D eigenvalue weighted by Crippen LogP contribution is -2.36. The number of aliphatic carboxylic acids is 1. The Bertz CT molecular complexity index is 1020. The van der Waals surface area contributed by atoms with E-state index in [1.807, 2.05) is 36.4 Å². The molecule has 0 aliphatic carbocycles. The van der Waals surface area contributed by atoms with E-state index in [1.54, 1.807) is 55.6 Å². The Morgan fingerprint density at radius 2 is 1.47 bits per heavy atom. The van der Waals surface area contributed by atoms with Crippen molar-refractivity contribution in [3.8, 4) is 5.75 Å². The van der Waals surface area contributed by atoms with Gasteiger partial charge in [0.25, 0.3) is 5.91 Å². The molecule has 0 bridgehead atoms. The Labute approximate surface area is 174 Å². The van der Waals surface area contributed by atoms with Crippen LogP contribution in [0.3, 0.4) is 0 Å². The summed E-state index contributed by atoms with van der Waals surface area (Å²) >= 11 is 0. The number of hydrogen-bond donors (Lipinski definition) is 1. The van der Waals surface area contributed by atoms with Gasteiger partial charge in [0.1, 0.15) is 5.75 Å². The summed E-state index contributed by atoms with van der Waals surface area (Å²) in [6.07, 6.45) is -2.05. The molecule has 1 aliphatic rings. The molecule has 0 saturated carbocycles. The van der Waals surface area contributed by atoms with Gasteiger partial charge in [0.05, 0.1) is 13.2 Å². The van der Waals surface area contributed by atoms with Gasteiger partial charge in [-0.05, 0) is 29.8 Å². The minimum absolute atomic E-state index is 0.297. The number of nitrogens with zero attached hydrogens (tertiary/aromatic N) is 1. The van der Waals surface area contributed by atoms with Crippen molar-refractivity contribution < 1.29 is 24.2 Å². The third kappa shape index (κ3) is 3.65. The molecule has 1 amide bonds. The molecule has 6 heteroatoms. The molecule has 1 N–H and O–H groups in total. The minimum Gasteiger partial charge on any atom is -0.497 e. The molecule has 1 aliphatic heterocycles. The first-order valence-electron chi connectivity index (χ1n) is 9.55. The molecule has 1 unspecified atom stereocenters. The Kier molecular flexibility index (Phi) is 5.50. The van der Waals surface area contributed by atoms with E-state index in [1.165, 1.54) is 4.90 Å². The van der Waals surface area contributed by atoms with E-state index in [4.69, 9.17) is 9.47 Å². The smallest absolute Gasteiger partial charge is 0.335 e. The Hall–Kier alpha value is -3.64. The van der Waals surface area contributed by atoms with Crippen LogP contribution >= 0.6 is 0 Å². The second kappa shape index (κ2) is 8.39. The van der Waals surface area contributed by atoms with E-state index in [-0.39, 0.29) is 5.91 Å². The zero-order valence-corrected chi connectivity index (χ0v) is 16.3. The molecule has 0 radical (unpaired) electrons. The third-order valence-corrected chi connectivity index (χ3v) is 5.16. The van der Waals surface area contributed by atoms with Gasteiger partial charge in [-0.25, -0.2) is 4.79 Å². The summed E-state index contributed by atoms with van der Waals surface area (Å²) in [5.74, 6) is -0.758. The van der Waals surface area contributed by atoms with E-state index in [0.717, 1.165) is 0 Å². The maximum Gasteiger partial charge on any atom is 0.335 e. The van der Waals surface area contributed by atoms with E-state index >= 15 is 0 Å². The molecular formula is C24H21NO5. The first kappa shape index (κ1) is 19.7. The number of benzene rings is 3. The monoisotopic (exact) mass is 403 g/mol. The van der Waals surface area contributed by atoms with E-state index in [9.17, 15) is 14.7 Å². The van der Waals surface area contributed by atoms with Crippen LogP contribution in [-0.2, 0) is 9.53 Å². The molecule has 1 saturated heterocycles. The maximum atomic E-state index is 13.5. The van der Waals surface area contributed by atoms with Crippen molar-refractivity contribution in [2.24, 2.45) is 0 Å². The summed E-state index contributed by atoms with van der Waals surface area (Å²) in [5.41, 5.74) is 1.83. The second-order valence-electron chi connectivity index (χ2n) is 6.95. The van der Waals surface area contributed by atoms with Crippen molar-refractivity contribution in [2.75, 3.05) is 7.11 Å². The summed E-state index contributed by atoms with van der Waals surface area (Å²) in [6.45, 7) is 0. The Balaban J connectivity index is 1.83. The molecule has 4 rings (SSSR count). The number of carbonyl (C=O) groups is 2. The number of rotatable bonds is 5. The third-order valence-electron chi connectivity index (χ3n) is 5.16. The molecule has 3 atom stereocenters. The fraction of sp³-hybridized carbons (Fsp3) is 0.167. The van der Waals surface area contributed by atoms with Crippen molar-refractivity contribution >= 4 is 11.9 Å². The lowest BCUT2D eigenvalue weighted by Gasteiger charge is -2.29. The van der Waals surface area contributed by atoms with E-state index < -0.39 is 24.3 Å². The zero-order valence-electron chi connectivity index (χ0n) is 16.3.